The van der Waals surface area contributed by atoms with Gasteiger partial charge in [0.2, 0.25) is 0 Å². The molecule has 3 rings (SSSR count). The van der Waals surface area contributed by atoms with Crippen molar-refractivity contribution in [1.29, 1.82) is 0 Å². The molecule has 3 heterocycles. The predicted molar refractivity (Wildman–Crippen MR) is 83.0 cm³/mol. The maximum absolute atomic E-state index is 5.51. The normalized spacial score (nSPS) is 23.5. The monoisotopic (exact) mass is 294 g/mol. The summed E-state index contributed by atoms with van der Waals surface area (Å²) in [6, 6.07) is 2.63. The number of rotatable bonds is 3. The second kappa shape index (κ2) is 6.15. The molecule has 2 fully saturated rings. The summed E-state index contributed by atoms with van der Waals surface area (Å²) in [7, 11) is 0. The molecular formula is C13H22N6S. The number of nitrogens with one attached hydrogen (secondary N) is 1. The Hall–Kier alpha value is -1.05. The topological polar surface area (TPSA) is 70.3 Å². The van der Waals surface area contributed by atoms with E-state index in [1.165, 1.54) is 32.4 Å². The number of nitrogens with two attached hydrogens (primary N) is 1. The Kier molecular flexibility index (Phi) is 4.28. The first-order chi connectivity index (χ1) is 9.80. The number of nitrogen functional groups attached to an aromatic ring is 1. The van der Waals surface area contributed by atoms with Gasteiger partial charge in [-0.2, -0.15) is 0 Å². The summed E-state index contributed by atoms with van der Waals surface area (Å²) in [6.07, 6.45) is 5.81. The number of hydrazine groups is 1. The molecule has 1 aromatic rings. The number of hydrogen-bond donors (Lipinski definition) is 2. The lowest BCUT2D eigenvalue weighted by molar-refractivity contribution is 0.273. The number of anilines is 2. The van der Waals surface area contributed by atoms with Crippen molar-refractivity contribution in [3.63, 3.8) is 0 Å². The fraction of sp³-hybridized carbons (Fsp3) is 0.692. The third-order valence-corrected chi connectivity index (χ3v) is 4.70. The van der Waals surface area contributed by atoms with Crippen molar-refractivity contribution in [1.82, 2.24) is 14.9 Å². The molecule has 6 nitrogen and oxygen atoms in total. The molecule has 0 bridgehead atoms. The fourth-order valence-electron chi connectivity index (χ4n) is 3.15. The Morgan fingerprint density at radius 1 is 1.30 bits per heavy atom. The van der Waals surface area contributed by atoms with Crippen molar-refractivity contribution < 1.29 is 0 Å². The van der Waals surface area contributed by atoms with Crippen molar-refractivity contribution in [3.05, 3.63) is 6.07 Å². The highest BCUT2D eigenvalue weighted by atomic mass is 32.2. The Balaban J connectivity index is 1.83. The zero-order chi connectivity index (χ0) is 13.9. The highest BCUT2D eigenvalue weighted by Crippen LogP contribution is 2.26. The van der Waals surface area contributed by atoms with Gasteiger partial charge in [0.15, 0.2) is 5.16 Å². The van der Waals surface area contributed by atoms with E-state index in [1.54, 1.807) is 11.8 Å². The maximum atomic E-state index is 5.51. The summed E-state index contributed by atoms with van der Waals surface area (Å²) in [4.78, 5) is 14.0. The van der Waals surface area contributed by atoms with Crippen LogP contribution in [0.2, 0.25) is 0 Å². The van der Waals surface area contributed by atoms with Crippen LogP contribution < -0.4 is 16.2 Å². The molecule has 1 atom stereocenters. The van der Waals surface area contributed by atoms with Gasteiger partial charge in [-0.05, 0) is 32.1 Å². The summed E-state index contributed by atoms with van der Waals surface area (Å²) in [6.45, 7) is 4.59. The molecular weight excluding hydrogens is 272 g/mol. The Morgan fingerprint density at radius 2 is 2.15 bits per heavy atom. The molecule has 3 N–H and O–H groups in total. The van der Waals surface area contributed by atoms with Crippen LogP contribution >= 0.6 is 11.8 Å². The quantitative estimate of drug-likeness (QED) is 0.375. The summed E-state index contributed by atoms with van der Waals surface area (Å²) >= 11 is 1.55. The van der Waals surface area contributed by atoms with Crippen LogP contribution in [0.4, 0.5) is 11.6 Å². The third kappa shape index (κ3) is 2.84. The van der Waals surface area contributed by atoms with E-state index in [0.717, 1.165) is 24.1 Å². The molecule has 1 aromatic heterocycles. The minimum atomic E-state index is 0.680. The highest BCUT2D eigenvalue weighted by Gasteiger charge is 2.29. The molecule has 7 heteroatoms. The summed E-state index contributed by atoms with van der Waals surface area (Å²) in [5.41, 5.74) is 2.64. The Labute approximate surface area is 124 Å². The van der Waals surface area contributed by atoms with Crippen molar-refractivity contribution in [2.24, 2.45) is 5.84 Å². The Morgan fingerprint density at radius 3 is 2.95 bits per heavy atom. The van der Waals surface area contributed by atoms with Gasteiger partial charge < -0.3 is 10.3 Å². The van der Waals surface area contributed by atoms with E-state index in [9.17, 15) is 0 Å². The van der Waals surface area contributed by atoms with Gasteiger partial charge in [0.25, 0.3) is 0 Å². The molecule has 0 aromatic carbocycles. The van der Waals surface area contributed by atoms with E-state index >= 15 is 0 Å². The summed E-state index contributed by atoms with van der Waals surface area (Å²) in [5, 5.41) is 0.767. The van der Waals surface area contributed by atoms with Crippen LogP contribution in [0.5, 0.6) is 0 Å². The number of nitrogens with zero attached hydrogens (tertiary/aromatic N) is 4. The summed E-state index contributed by atoms with van der Waals surface area (Å²) in [5.74, 6) is 7.19. The van der Waals surface area contributed by atoms with Crippen LogP contribution in [0.15, 0.2) is 11.2 Å². The fourth-order valence-corrected chi connectivity index (χ4v) is 3.53. The number of aromatic nitrogens is 2. The van der Waals surface area contributed by atoms with Crippen molar-refractivity contribution >= 4 is 23.4 Å². The van der Waals surface area contributed by atoms with Crippen molar-refractivity contribution in [2.45, 2.75) is 30.5 Å². The molecule has 0 aliphatic carbocycles. The standard InChI is InChI=1S/C13H22N6S/c1-20-13-15-11(17-14)8-12(16-13)19-7-3-6-18-5-2-4-10(18)9-19/h8,10H,2-7,9,14H2,1H3,(H,15,16,17). The molecule has 2 aliphatic heterocycles. The second-order valence-electron chi connectivity index (χ2n) is 5.37. The van der Waals surface area contributed by atoms with Crippen molar-refractivity contribution in [3.8, 4) is 0 Å². The zero-order valence-corrected chi connectivity index (χ0v) is 12.7. The lowest BCUT2D eigenvalue weighted by Gasteiger charge is -2.26. The van der Waals surface area contributed by atoms with Crippen LogP contribution in [0.3, 0.4) is 0 Å². The smallest absolute Gasteiger partial charge is 0.191 e. The third-order valence-electron chi connectivity index (χ3n) is 4.15. The van der Waals surface area contributed by atoms with Gasteiger partial charge in [-0.15, -0.1) is 0 Å². The van der Waals surface area contributed by atoms with E-state index in [4.69, 9.17) is 5.84 Å². The van der Waals surface area contributed by atoms with Crippen LogP contribution in [0.1, 0.15) is 19.3 Å². The molecule has 0 saturated carbocycles. The van der Waals surface area contributed by atoms with Gasteiger partial charge in [-0.1, -0.05) is 11.8 Å². The number of thioether (sulfide) groups is 1. The molecule has 0 amide bonds. The molecule has 0 radical (unpaired) electrons. The summed E-state index contributed by atoms with van der Waals surface area (Å²) < 4.78 is 0. The van der Waals surface area contributed by atoms with E-state index in [-0.39, 0.29) is 0 Å². The van der Waals surface area contributed by atoms with Gasteiger partial charge in [-0.3, -0.25) is 4.90 Å². The predicted octanol–water partition coefficient (Wildman–Crippen LogP) is 1.16. The first-order valence-corrected chi connectivity index (χ1v) is 8.41. The minimum absolute atomic E-state index is 0.680. The maximum Gasteiger partial charge on any atom is 0.191 e. The van der Waals surface area contributed by atoms with Gasteiger partial charge >= 0.3 is 0 Å². The lowest BCUT2D eigenvalue weighted by Crippen LogP contribution is -2.37. The Bertz CT molecular complexity index is 446. The largest absolute Gasteiger partial charge is 0.355 e. The van der Waals surface area contributed by atoms with Gasteiger partial charge in [0.1, 0.15) is 11.6 Å². The average Bonchev–Trinajstić information content (AvgIpc) is 2.83. The molecule has 1 unspecified atom stereocenters. The molecule has 20 heavy (non-hydrogen) atoms. The first kappa shape index (κ1) is 13.9. The first-order valence-electron chi connectivity index (χ1n) is 7.19. The SMILES string of the molecule is CSc1nc(NN)cc(N2CCCN3CCCC3C2)n1. The molecule has 0 spiro atoms. The minimum Gasteiger partial charge on any atom is -0.355 e. The van der Waals surface area contributed by atoms with Crippen LogP contribution in [-0.2, 0) is 0 Å². The van der Waals surface area contributed by atoms with E-state index in [2.05, 4.69) is 25.2 Å². The second-order valence-corrected chi connectivity index (χ2v) is 6.15. The molecule has 2 saturated heterocycles. The van der Waals surface area contributed by atoms with Gasteiger partial charge in [0.05, 0.1) is 0 Å². The van der Waals surface area contributed by atoms with Gasteiger partial charge in [0, 0.05) is 31.7 Å². The van der Waals surface area contributed by atoms with E-state index in [0.29, 0.717) is 11.9 Å². The molecule has 110 valence electrons. The zero-order valence-electron chi connectivity index (χ0n) is 11.9. The average molecular weight is 294 g/mol. The van der Waals surface area contributed by atoms with Crippen LogP contribution in [-0.4, -0.2) is 53.3 Å². The van der Waals surface area contributed by atoms with E-state index in [1.807, 2.05) is 12.3 Å². The highest BCUT2D eigenvalue weighted by molar-refractivity contribution is 7.98. The molecule has 2 aliphatic rings. The van der Waals surface area contributed by atoms with Gasteiger partial charge in [-0.25, -0.2) is 15.8 Å². The number of hydrogen-bond acceptors (Lipinski definition) is 7. The van der Waals surface area contributed by atoms with E-state index < -0.39 is 0 Å². The number of fused-ring (bicyclic) bond motifs is 1. The lowest BCUT2D eigenvalue weighted by atomic mass is 10.2. The van der Waals surface area contributed by atoms with Crippen molar-refractivity contribution in [2.75, 3.05) is 42.8 Å². The van der Waals surface area contributed by atoms with Crippen LogP contribution in [0.25, 0.3) is 0 Å². The van der Waals surface area contributed by atoms with Crippen LogP contribution in [0, 0.1) is 0 Å².